The lowest BCUT2D eigenvalue weighted by atomic mass is 9.94. The monoisotopic (exact) mass is 447 g/mol. The highest BCUT2D eigenvalue weighted by atomic mass is 19.4. The van der Waals surface area contributed by atoms with Gasteiger partial charge in [-0.25, -0.2) is 4.98 Å². The number of benzene rings is 2. The van der Waals surface area contributed by atoms with Crippen LogP contribution in [-0.4, -0.2) is 31.8 Å². The number of alkyl halides is 3. The zero-order chi connectivity index (χ0) is 23.5. The summed E-state index contributed by atoms with van der Waals surface area (Å²) in [6.45, 7) is 4.52. The minimum atomic E-state index is -4.45. The summed E-state index contributed by atoms with van der Waals surface area (Å²) in [7, 11) is 3.04. The fourth-order valence-electron chi connectivity index (χ4n) is 3.82. The summed E-state index contributed by atoms with van der Waals surface area (Å²) >= 11 is 0. The molecule has 0 saturated heterocycles. The van der Waals surface area contributed by atoms with Gasteiger partial charge in [0.15, 0.2) is 0 Å². The first-order valence-corrected chi connectivity index (χ1v) is 10.4. The number of rotatable bonds is 8. The number of methoxy groups -OCH3 is 2. The van der Waals surface area contributed by atoms with Crippen molar-refractivity contribution in [3.05, 3.63) is 47.5 Å². The number of ether oxygens (including phenoxy) is 2. The molecule has 1 heterocycles. The lowest BCUT2D eigenvalue weighted by molar-refractivity contribution is -0.137. The summed E-state index contributed by atoms with van der Waals surface area (Å²) in [5.41, 5.74) is 8.02. The Labute approximate surface area is 185 Å². The van der Waals surface area contributed by atoms with Crippen LogP contribution >= 0.6 is 0 Å². The van der Waals surface area contributed by atoms with Crippen LogP contribution in [0.25, 0.3) is 22.0 Å². The Hall–Kier alpha value is -3.00. The van der Waals surface area contributed by atoms with E-state index in [9.17, 15) is 13.2 Å². The summed E-state index contributed by atoms with van der Waals surface area (Å²) in [6.07, 6.45) is -2.73. The molecule has 1 unspecified atom stereocenters. The van der Waals surface area contributed by atoms with Gasteiger partial charge in [-0.1, -0.05) is 12.1 Å². The van der Waals surface area contributed by atoms with E-state index >= 15 is 0 Å². The molecule has 0 aliphatic heterocycles. The third kappa shape index (κ3) is 4.91. The fourth-order valence-corrected chi connectivity index (χ4v) is 3.82. The highest BCUT2D eigenvalue weighted by molar-refractivity contribution is 6.06. The molecule has 5 nitrogen and oxygen atoms in total. The van der Waals surface area contributed by atoms with Crippen molar-refractivity contribution in [2.75, 3.05) is 26.1 Å². The lowest BCUT2D eigenvalue weighted by Gasteiger charge is -2.21. The average molecular weight is 448 g/mol. The van der Waals surface area contributed by atoms with Crippen LogP contribution in [0.1, 0.15) is 30.9 Å². The molecule has 172 valence electrons. The van der Waals surface area contributed by atoms with Gasteiger partial charge >= 0.3 is 6.18 Å². The molecule has 0 saturated carbocycles. The van der Waals surface area contributed by atoms with Gasteiger partial charge in [-0.3, -0.25) is 0 Å². The van der Waals surface area contributed by atoms with Crippen LogP contribution in [0.5, 0.6) is 11.6 Å². The molecule has 0 aliphatic carbocycles. The second kappa shape index (κ2) is 9.65. The van der Waals surface area contributed by atoms with Crippen LogP contribution in [0.3, 0.4) is 0 Å². The number of aromatic nitrogens is 1. The van der Waals surface area contributed by atoms with Gasteiger partial charge in [-0.05, 0) is 56.5 Å². The number of nitrogens with two attached hydrogens (primary N) is 1. The molecule has 0 amide bonds. The summed E-state index contributed by atoms with van der Waals surface area (Å²) in [4.78, 5) is 4.63. The Kier molecular flexibility index (Phi) is 7.13. The van der Waals surface area contributed by atoms with Crippen LogP contribution < -0.4 is 20.5 Å². The molecule has 0 radical (unpaired) electrons. The van der Waals surface area contributed by atoms with Gasteiger partial charge in [-0.15, -0.1) is 0 Å². The van der Waals surface area contributed by atoms with Crippen LogP contribution in [0.4, 0.5) is 18.9 Å². The Bertz CT molecular complexity index is 1100. The third-order valence-corrected chi connectivity index (χ3v) is 5.37. The standard InChI is InChI=1S/C24H28F3N3O2/c1-14-11-20(32-4)30-23-18(29-15(2)7-6-10-28)13-19(31-3)22(21(14)23)16-8-5-9-17(12-16)24(25,26)27/h5,8-9,11-13,15,29H,6-7,10,28H2,1-4H3. The van der Waals surface area contributed by atoms with Crippen LogP contribution in [-0.2, 0) is 6.18 Å². The molecule has 0 fully saturated rings. The first kappa shape index (κ1) is 23.7. The van der Waals surface area contributed by atoms with Crippen molar-refractivity contribution in [1.82, 2.24) is 4.98 Å². The zero-order valence-corrected chi connectivity index (χ0v) is 18.6. The quantitative estimate of drug-likeness (QED) is 0.458. The Morgan fingerprint density at radius 3 is 2.50 bits per heavy atom. The third-order valence-electron chi connectivity index (χ3n) is 5.37. The van der Waals surface area contributed by atoms with Gasteiger partial charge < -0.3 is 20.5 Å². The first-order valence-electron chi connectivity index (χ1n) is 10.4. The molecule has 2 aromatic carbocycles. The van der Waals surface area contributed by atoms with Crippen LogP contribution in [0, 0.1) is 6.92 Å². The zero-order valence-electron chi connectivity index (χ0n) is 18.6. The molecule has 1 aromatic heterocycles. The topological polar surface area (TPSA) is 69.4 Å². The Morgan fingerprint density at radius 1 is 1.12 bits per heavy atom. The van der Waals surface area contributed by atoms with Crippen molar-refractivity contribution in [3.63, 3.8) is 0 Å². The number of anilines is 1. The predicted molar refractivity (Wildman–Crippen MR) is 121 cm³/mol. The van der Waals surface area contributed by atoms with Crippen molar-refractivity contribution >= 4 is 16.6 Å². The molecule has 0 aliphatic rings. The highest BCUT2D eigenvalue weighted by Gasteiger charge is 2.31. The van der Waals surface area contributed by atoms with Crippen LogP contribution in [0.2, 0.25) is 0 Å². The Morgan fingerprint density at radius 2 is 1.88 bits per heavy atom. The van der Waals surface area contributed by atoms with E-state index in [1.807, 2.05) is 13.8 Å². The van der Waals surface area contributed by atoms with E-state index < -0.39 is 11.7 Å². The van der Waals surface area contributed by atoms with Crippen molar-refractivity contribution in [1.29, 1.82) is 0 Å². The summed E-state index contributed by atoms with van der Waals surface area (Å²) in [5.74, 6) is 0.883. The maximum absolute atomic E-state index is 13.4. The molecule has 32 heavy (non-hydrogen) atoms. The molecule has 0 spiro atoms. The minimum Gasteiger partial charge on any atom is -0.496 e. The largest absolute Gasteiger partial charge is 0.496 e. The molecule has 0 bridgehead atoms. The van der Waals surface area contributed by atoms with Gasteiger partial charge in [0, 0.05) is 29.1 Å². The van der Waals surface area contributed by atoms with Crippen molar-refractivity contribution in [3.8, 4) is 22.8 Å². The lowest BCUT2D eigenvalue weighted by Crippen LogP contribution is -2.17. The van der Waals surface area contributed by atoms with Crippen molar-refractivity contribution in [2.24, 2.45) is 5.73 Å². The molecule has 3 rings (SSSR count). The second-order valence-electron chi connectivity index (χ2n) is 7.76. The van der Waals surface area contributed by atoms with E-state index in [4.69, 9.17) is 15.2 Å². The van der Waals surface area contributed by atoms with E-state index in [1.165, 1.54) is 20.3 Å². The smallest absolute Gasteiger partial charge is 0.416 e. The molecule has 3 aromatic rings. The van der Waals surface area contributed by atoms with E-state index in [1.54, 1.807) is 18.2 Å². The maximum Gasteiger partial charge on any atom is 0.416 e. The van der Waals surface area contributed by atoms with E-state index in [-0.39, 0.29) is 6.04 Å². The average Bonchev–Trinajstić information content (AvgIpc) is 2.76. The summed E-state index contributed by atoms with van der Waals surface area (Å²) in [6, 6.07) is 8.89. The molecule has 8 heteroatoms. The summed E-state index contributed by atoms with van der Waals surface area (Å²) < 4.78 is 51.2. The van der Waals surface area contributed by atoms with Gasteiger partial charge in [-0.2, -0.15) is 13.2 Å². The number of fused-ring (bicyclic) bond motifs is 1. The van der Waals surface area contributed by atoms with Gasteiger partial charge in [0.25, 0.3) is 0 Å². The number of nitrogens with one attached hydrogen (secondary N) is 1. The molecule has 1 atom stereocenters. The number of hydrogen-bond donors (Lipinski definition) is 2. The van der Waals surface area contributed by atoms with Gasteiger partial charge in [0.1, 0.15) is 5.75 Å². The van der Waals surface area contributed by atoms with E-state index in [2.05, 4.69) is 10.3 Å². The normalized spacial score (nSPS) is 12.6. The summed E-state index contributed by atoms with van der Waals surface area (Å²) in [5, 5.41) is 4.16. The van der Waals surface area contributed by atoms with Crippen LogP contribution in [0.15, 0.2) is 36.4 Å². The van der Waals surface area contributed by atoms with Crippen molar-refractivity contribution in [2.45, 2.75) is 38.9 Å². The molecule has 3 N–H and O–H groups in total. The predicted octanol–water partition coefficient (Wildman–Crippen LogP) is 5.79. The van der Waals surface area contributed by atoms with Gasteiger partial charge in [0.2, 0.25) is 5.88 Å². The fraction of sp³-hybridized carbons (Fsp3) is 0.375. The van der Waals surface area contributed by atoms with Crippen molar-refractivity contribution < 1.29 is 22.6 Å². The number of hydrogen-bond acceptors (Lipinski definition) is 5. The molecular weight excluding hydrogens is 419 g/mol. The van der Waals surface area contributed by atoms with E-state index in [0.29, 0.717) is 40.2 Å². The number of nitrogens with zero attached hydrogens (tertiary/aromatic N) is 1. The van der Waals surface area contributed by atoms with Gasteiger partial charge in [0.05, 0.1) is 31.0 Å². The number of aryl methyl sites for hydroxylation is 1. The highest BCUT2D eigenvalue weighted by Crippen LogP contribution is 2.44. The maximum atomic E-state index is 13.4. The number of halogens is 3. The molecular formula is C24H28F3N3O2. The SMILES string of the molecule is COc1cc(C)c2c(-c3cccc(C(F)(F)F)c3)c(OC)cc(NC(C)CCCN)c2n1. The second-order valence-corrected chi connectivity index (χ2v) is 7.76. The number of pyridine rings is 1. The van der Waals surface area contributed by atoms with E-state index in [0.717, 1.165) is 36.2 Å². The first-order chi connectivity index (χ1) is 15.2. The minimum absolute atomic E-state index is 0.110. The Balaban J connectivity index is 2.29.